The molecule has 3 N–H and O–H groups in total. The quantitative estimate of drug-likeness (QED) is 0.658. The summed E-state index contributed by atoms with van der Waals surface area (Å²) in [6, 6.07) is 1.26. The van der Waals surface area contributed by atoms with Crippen molar-refractivity contribution >= 4 is 11.4 Å². The van der Waals surface area contributed by atoms with Crippen molar-refractivity contribution < 1.29 is 13.7 Å². The molecule has 2 rings (SSSR count). The molecule has 7 heteroatoms. The fraction of sp³-hybridized carbons (Fsp3) is 0.538. The molecule has 0 spiro atoms. The van der Waals surface area contributed by atoms with Crippen LogP contribution in [0.4, 0.5) is 20.2 Å². The fourth-order valence-electron chi connectivity index (χ4n) is 2.71. The first kappa shape index (κ1) is 14.6. The van der Waals surface area contributed by atoms with Crippen LogP contribution in [0, 0.1) is 27.7 Å². The molecule has 1 aromatic rings. The van der Waals surface area contributed by atoms with Crippen LogP contribution >= 0.6 is 0 Å². The van der Waals surface area contributed by atoms with Gasteiger partial charge in [-0.05, 0) is 25.3 Å². The minimum Gasteiger partial charge on any atom is -0.374 e. The van der Waals surface area contributed by atoms with E-state index in [1.165, 1.54) is 0 Å². The molecule has 1 aliphatic carbocycles. The Bertz CT molecular complexity index is 511. The fourth-order valence-corrected chi connectivity index (χ4v) is 2.71. The number of halogens is 2. The van der Waals surface area contributed by atoms with Gasteiger partial charge in [-0.15, -0.1) is 0 Å². The zero-order valence-electron chi connectivity index (χ0n) is 10.9. The molecule has 110 valence electrons. The maximum absolute atomic E-state index is 13.8. The lowest BCUT2D eigenvalue weighted by Crippen LogP contribution is -2.37. The van der Waals surface area contributed by atoms with Gasteiger partial charge < -0.3 is 11.1 Å². The Hall–Kier alpha value is -1.76. The first-order valence-electron chi connectivity index (χ1n) is 6.63. The minimum atomic E-state index is -0.959. The summed E-state index contributed by atoms with van der Waals surface area (Å²) in [6.07, 6.45) is 3.69. The summed E-state index contributed by atoms with van der Waals surface area (Å²) in [4.78, 5) is 10.1. The van der Waals surface area contributed by atoms with Crippen molar-refractivity contribution in [3.63, 3.8) is 0 Å². The van der Waals surface area contributed by atoms with Gasteiger partial charge in [0.25, 0.3) is 5.69 Å². The number of nitrogens with one attached hydrogen (secondary N) is 1. The van der Waals surface area contributed by atoms with Crippen LogP contribution in [0.3, 0.4) is 0 Å². The van der Waals surface area contributed by atoms with Crippen molar-refractivity contribution in [2.45, 2.75) is 31.7 Å². The lowest BCUT2D eigenvalue weighted by atomic mass is 9.84. The van der Waals surface area contributed by atoms with Crippen molar-refractivity contribution in [3.05, 3.63) is 33.9 Å². The number of anilines is 1. The summed E-state index contributed by atoms with van der Waals surface area (Å²) >= 11 is 0. The molecule has 20 heavy (non-hydrogen) atoms. The summed E-state index contributed by atoms with van der Waals surface area (Å²) in [7, 11) is 0. The van der Waals surface area contributed by atoms with E-state index in [-0.39, 0.29) is 17.6 Å². The van der Waals surface area contributed by atoms with Gasteiger partial charge >= 0.3 is 0 Å². The molecule has 2 atom stereocenters. The highest BCUT2D eigenvalue weighted by Gasteiger charge is 2.28. The van der Waals surface area contributed by atoms with E-state index in [2.05, 4.69) is 5.32 Å². The van der Waals surface area contributed by atoms with Gasteiger partial charge in [0.15, 0.2) is 5.82 Å². The van der Waals surface area contributed by atoms with E-state index in [9.17, 15) is 18.9 Å². The number of nitro benzene ring substituents is 1. The number of rotatable bonds is 4. The summed E-state index contributed by atoms with van der Waals surface area (Å²) in [5.41, 5.74) is 4.85. The first-order chi connectivity index (χ1) is 9.52. The van der Waals surface area contributed by atoms with E-state index in [0.29, 0.717) is 12.6 Å². The Morgan fingerprint density at radius 3 is 2.70 bits per heavy atom. The average molecular weight is 285 g/mol. The van der Waals surface area contributed by atoms with Crippen LogP contribution in [0.5, 0.6) is 0 Å². The lowest BCUT2D eigenvalue weighted by Gasteiger charge is -2.32. The predicted molar refractivity (Wildman–Crippen MR) is 71.4 cm³/mol. The molecule has 1 fully saturated rings. The molecule has 2 unspecified atom stereocenters. The molecule has 0 bridgehead atoms. The topological polar surface area (TPSA) is 81.2 Å². The smallest absolute Gasteiger partial charge is 0.298 e. The van der Waals surface area contributed by atoms with Crippen molar-refractivity contribution in [1.29, 1.82) is 0 Å². The van der Waals surface area contributed by atoms with E-state index >= 15 is 0 Å². The molecule has 0 aromatic heterocycles. The molecule has 0 saturated heterocycles. The van der Waals surface area contributed by atoms with Gasteiger partial charge in [0, 0.05) is 12.1 Å². The van der Waals surface area contributed by atoms with Crippen LogP contribution < -0.4 is 11.1 Å². The molecule has 0 heterocycles. The van der Waals surface area contributed by atoms with Crippen LogP contribution in [-0.4, -0.2) is 17.5 Å². The Labute approximate surface area is 115 Å². The Kier molecular flexibility index (Phi) is 4.49. The van der Waals surface area contributed by atoms with Crippen molar-refractivity contribution in [2.75, 3.05) is 11.9 Å². The number of benzene rings is 1. The molecule has 5 nitrogen and oxygen atoms in total. The highest BCUT2D eigenvalue weighted by molar-refractivity contribution is 5.63. The summed E-state index contributed by atoms with van der Waals surface area (Å²) in [6.45, 7) is 0.439. The number of hydrogen-bond acceptors (Lipinski definition) is 4. The van der Waals surface area contributed by atoms with Crippen molar-refractivity contribution in [2.24, 2.45) is 11.7 Å². The third-order valence-corrected chi connectivity index (χ3v) is 3.77. The minimum absolute atomic E-state index is 0.118. The lowest BCUT2D eigenvalue weighted by molar-refractivity contribution is -0.384. The molecule has 1 aromatic carbocycles. The van der Waals surface area contributed by atoms with Gasteiger partial charge in [0.1, 0.15) is 11.5 Å². The molecule has 0 radical (unpaired) electrons. The van der Waals surface area contributed by atoms with Gasteiger partial charge in [0.2, 0.25) is 0 Å². The number of nitro groups is 1. The molecular weight excluding hydrogens is 268 g/mol. The molecular formula is C13H17F2N3O2. The van der Waals surface area contributed by atoms with E-state index in [1.807, 2.05) is 0 Å². The number of nitrogens with zero attached hydrogens (tertiary/aromatic N) is 1. The second kappa shape index (κ2) is 6.13. The molecule has 0 amide bonds. The second-order valence-electron chi connectivity index (χ2n) is 5.07. The van der Waals surface area contributed by atoms with Gasteiger partial charge in [-0.1, -0.05) is 12.8 Å². The van der Waals surface area contributed by atoms with Gasteiger partial charge in [-0.25, -0.2) is 8.78 Å². The first-order valence-corrected chi connectivity index (χ1v) is 6.63. The standard InChI is InChI=1S/C13H17F2N3O2/c14-9-5-10(15)13(12(6-9)18(19)20)17-11-4-2-1-3-8(11)7-16/h5-6,8,11,17H,1-4,7,16H2. The SMILES string of the molecule is NCC1CCCCC1Nc1c(F)cc(F)cc1[N+](=O)[O-]. The van der Waals surface area contributed by atoms with E-state index in [4.69, 9.17) is 5.73 Å². The molecule has 0 aliphatic heterocycles. The maximum atomic E-state index is 13.8. The molecule has 1 aliphatic rings. The van der Waals surface area contributed by atoms with Crippen LogP contribution in [0.15, 0.2) is 12.1 Å². The van der Waals surface area contributed by atoms with Crippen molar-refractivity contribution in [1.82, 2.24) is 0 Å². The summed E-state index contributed by atoms with van der Waals surface area (Å²) in [5, 5.41) is 13.8. The highest BCUT2D eigenvalue weighted by atomic mass is 19.1. The number of hydrogen-bond donors (Lipinski definition) is 2. The highest BCUT2D eigenvalue weighted by Crippen LogP contribution is 2.33. The van der Waals surface area contributed by atoms with E-state index in [1.54, 1.807) is 0 Å². The van der Waals surface area contributed by atoms with E-state index < -0.39 is 22.2 Å². The maximum Gasteiger partial charge on any atom is 0.298 e. The van der Waals surface area contributed by atoms with Gasteiger partial charge in [-0.3, -0.25) is 10.1 Å². The third-order valence-electron chi connectivity index (χ3n) is 3.77. The number of nitrogens with two attached hydrogens (primary N) is 1. The third kappa shape index (κ3) is 3.04. The van der Waals surface area contributed by atoms with E-state index in [0.717, 1.165) is 31.7 Å². The Morgan fingerprint density at radius 1 is 1.35 bits per heavy atom. The van der Waals surface area contributed by atoms with Gasteiger partial charge in [-0.2, -0.15) is 0 Å². The largest absolute Gasteiger partial charge is 0.374 e. The van der Waals surface area contributed by atoms with Crippen LogP contribution in [-0.2, 0) is 0 Å². The van der Waals surface area contributed by atoms with Gasteiger partial charge in [0.05, 0.1) is 11.0 Å². The molecule has 1 saturated carbocycles. The monoisotopic (exact) mass is 285 g/mol. The average Bonchev–Trinajstić information content (AvgIpc) is 2.41. The second-order valence-corrected chi connectivity index (χ2v) is 5.07. The van der Waals surface area contributed by atoms with Crippen LogP contribution in [0.1, 0.15) is 25.7 Å². The van der Waals surface area contributed by atoms with Crippen LogP contribution in [0.2, 0.25) is 0 Å². The van der Waals surface area contributed by atoms with Crippen LogP contribution in [0.25, 0.3) is 0 Å². The normalized spacial score (nSPS) is 22.6. The van der Waals surface area contributed by atoms with Crippen molar-refractivity contribution in [3.8, 4) is 0 Å². The summed E-state index contributed by atoms with van der Waals surface area (Å²) in [5.74, 6) is -1.76. The summed E-state index contributed by atoms with van der Waals surface area (Å²) < 4.78 is 26.9. The zero-order chi connectivity index (χ0) is 14.7. The Morgan fingerprint density at radius 2 is 2.05 bits per heavy atom. The predicted octanol–water partition coefficient (Wildman–Crippen LogP) is 2.80. The Balaban J connectivity index is 2.30. The zero-order valence-corrected chi connectivity index (χ0v) is 10.9.